The first-order chi connectivity index (χ1) is 9.67. The maximum absolute atomic E-state index is 5.37. The summed E-state index contributed by atoms with van der Waals surface area (Å²) in [5.74, 6) is 2.91. The Balaban J connectivity index is 1.83. The van der Waals surface area contributed by atoms with E-state index < -0.39 is 0 Å². The molecule has 1 unspecified atom stereocenters. The van der Waals surface area contributed by atoms with Gasteiger partial charge in [0.1, 0.15) is 0 Å². The number of aromatic nitrogens is 2. The second kappa shape index (κ2) is 7.74. The predicted octanol–water partition coefficient (Wildman–Crippen LogP) is 2.09. The maximum Gasteiger partial charge on any atom is 0.240 e. The monoisotopic (exact) mass is 280 g/mol. The molecule has 0 amide bonds. The molecule has 20 heavy (non-hydrogen) atoms. The third kappa shape index (κ3) is 4.87. The summed E-state index contributed by atoms with van der Waals surface area (Å²) in [5.41, 5.74) is 0. The Labute approximate surface area is 122 Å². The van der Waals surface area contributed by atoms with Gasteiger partial charge in [-0.15, -0.1) is 0 Å². The van der Waals surface area contributed by atoms with Gasteiger partial charge in [0.2, 0.25) is 5.89 Å². The van der Waals surface area contributed by atoms with Crippen molar-refractivity contribution in [2.75, 3.05) is 26.2 Å². The molecule has 0 spiro atoms. The van der Waals surface area contributed by atoms with Crippen LogP contribution in [0.2, 0.25) is 0 Å². The van der Waals surface area contributed by atoms with Crippen molar-refractivity contribution in [1.29, 1.82) is 0 Å². The minimum absolute atomic E-state index is 0.566. The molecular formula is C15H28N4O. The molecular weight excluding hydrogens is 252 g/mol. The van der Waals surface area contributed by atoms with E-state index >= 15 is 0 Å². The molecule has 114 valence electrons. The molecule has 5 nitrogen and oxygen atoms in total. The number of hydrogen-bond acceptors (Lipinski definition) is 5. The van der Waals surface area contributed by atoms with Crippen LogP contribution in [0, 0.1) is 11.8 Å². The van der Waals surface area contributed by atoms with Gasteiger partial charge >= 0.3 is 0 Å². The third-order valence-electron chi connectivity index (χ3n) is 3.82. The molecule has 0 radical (unpaired) electrons. The smallest absolute Gasteiger partial charge is 0.240 e. The summed E-state index contributed by atoms with van der Waals surface area (Å²) in [6.45, 7) is 11.8. The quantitative estimate of drug-likeness (QED) is 0.829. The van der Waals surface area contributed by atoms with E-state index in [-0.39, 0.29) is 0 Å². The van der Waals surface area contributed by atoms with Crippen LogP contribution in [0.1, 0.15) is 45.3 Å². The Hall–Kier alpha value is -0.940. The zero-order valence-electron chi connectivity index (χ0n) is 13.1. The van der Waals surface area contributed by atoms with E-state index in [4.69, 9.17) is 4.52 Å². The molecule has 1 N–H and O–H groups in total. The summed E-state index contributed by atoms with van der Waals surface area (Å²) in [6, 6.07) is 0. The predicted molar refractivity (Wildman–Crippen MR) is 79.4 cm³/mol. The van der Waals surface area contributed by atoms with Crippen molar-refractivity contribution in [1.82, 2.24) is 20.4 Å². The molecule has 1 aromatic rings. The SMILES string of the molecule is CCN(Cc1nc(CC(C)C)no1)CC1CCCNC1. The highest BCUT2D eigenvalue weighted by atomic mass is 16.5. The van der Waals surface area contributed by atoms with Crippen LogP contribution in [-0.4, -0.2) is 41.2 Å². The van der Waals surface area contributed by atoms with E-state index in [0.29, 0.717) is 5.92 Å². The second-order valence-corrected chi connectivity index (χ2v) is 6.24. The lowest BCUT2D eigenvalue weighted by Gasteiger charge is -2.28. The molecule has 2 rings (SSSR count). The number of piperidine rings is 1. The summed E-state index contributed by atoms with van der Waals surface area (Å²) in [6.07, 6.45) is 3.51. The van der Waals surface area contributed by atoms with Crippen molar-refractivity contribution in [3.63, 3.8) is 0 Å². The summed E-state index contributed by atoms with van der Waals surface area (Å²) in [4.78, 5) is 6.90. The zero-order valence-corrected chi connectivity index (χ0v) is 13.1. The normalized spacial score (nSPS) is 19.9. The van der Waals surface area contributed by atoms with Gasteiger partial charge in [-0.05, 0) is 44.3 Å². The van der Waals surface area contributed by atoms with Crippen LogP contribution < -0.4 is 5.32 Å². The Morgan fingerprint density at radius 2 is 2.30 bits per heavy atom. The molecule has 2 heterocycles. The lowest BCUT2D eigenvalue weighted by molar-refractivity contribution is 0.187. The van der Waals surface area contributed by atoms with E-state index in [0.717, 1.165) is 50.2 Å². The highest BCUT2D eigenvalue weighted by molar-refractivity contribution is 4.88. The van der Waals surface area contributed by atoms with Gasteiger partial charge in [-0.3, -0.25) is 4.90 Å². The summed E-state index contributed by atoms with van der Waals surface area (Å²) < 4.78 is 5.37. The first-order valence-electron chi connectivity index (χ1n) is 7.92. The molecule has 1 aliphatic heterocycles. The lowest BCUT2D eigenvalue weighted by atomic mass is 9.99. The van der Waals surface area contributed by atoms with Crippen LogP contribution in [0.25, 0.3) is 0 Å². The second-order valence-electron chi connectivity index (χ2n) is 6.24. The van der Waals surface area contributed by atoms with E-state index in [2.05, 4.69) is 41.1 Å². The number of hydrogen-bond donors (Lipinski definition) is 1. The standard InChI is InChI=1S/C15H28N4O/c1-4-19(10-13-6-5-7-16-9-13)11-15-17-14(18-20-15)8-12(2)3/h12-13,16H,4-11H2,1-3H3. The largest absolute Gasteiger partial charge is 0.338 e. The fourth-order valence-electron chi connectivity index (χ4n) is 2.74. The molecule has 1 aromatic heterocycles. The molecule has 0 aliphatic carbocycles. The van der Waals surface area contributed by atoms with Crippen LogP contribution in [0.15, 0.2) is 4.52 Å². The zero-order chi connectivity index (χ0) is 14.4. The minimum atomic E-state index is 0.566. The molecule has 1 atom stereocenters. The highest BCUT2D eigenvalue weighted by Gasteiger charge is 2.18. The molecule has 1 saturated heterocycles. The van der Waals surface area contributed by atoms with Crippen molar-refractivity contribution >= 4 is 0 Å². The summed E-state index contributed by atoms with van der Waals surface area (Å²) in [5, 5.41) is 7.54. The van der Waals surface area contributed by atoms with Gasteiger partial charge in [0, 0.05) is 13.0 Å². The van der Waals surface area contributed by atoms with Gasteiger partial charge in [-0.1, -0.05) is 25.9 Å². The van der Waals surface area contributed by atoms with Gasteiger partial charge in [-0.2, -0.15) is 4.98 Å². The topological polar surface area (TPSA) is 54.2 Å². The number of nitrogens with one attached hydrogen (secondary N) is 1. The van der Waals surface area contributed by atoms with E-state index in [9.17, 15) is 0 Å². The molecule has 0 aromatic carbocycles. The number of rotatable bonds is 7. The van der Waals surface area contributed by atoms with Gasteiger partial charge in [-0.25, -0.2) is 0 Å². The average Bonchev–Trinajstić information content (AvgIpc) is 2.85. The van der Waals surface area contributed by atoms with Gasteiger partial charge in [0.05, 0.1) is 6.54 Å². The minimum Gasteiger partial charge on any atom is -0.338 e. The van der Waals surface area contributed by atoms with E-state index in [1.54, 1.807) is 0 Å². The van der Waals surface area contributed by atoms with Crippen LogP contribution >= 0.6 is 0 Å². The Morgan fingerprint density at radius 1 is 1.45 bits per heavy atom. The van der Waals surface area contributed by atoms with Crippen LogP contribution in [0.5, 0.6) is 0 Å². The van der Waals surface area contributed by atoms with Crippen molar-refractivity contribution in [2.24, 2.45) is 11.8 Å². The van der Waals surface area contributed by atoms with Crippen LogP contribution in [-0.2, 0) is 13.0 Å². The van der Waals surface area contributed by atoms with E-state index in [1.807, 2.05) is 0 Å². The lowest BCUT2D eigenvalue weighted by Crippen LogP contribution is -2.38. The Kier molecular flexibility index (Phi) is 5.98. The average molecular weight is 280 g/mol. The van der Waals surface area contributed by atoms with Gasteiger partial charge in [0.25, 0.3) is 0 Å². The van der Waals surface area contributed by atoms with Crippen molar-refractivity contribution < 1.29 is 4.52 Å². The summed E-state index contributed by atoms with van der Waals surface area (Å²) in [7, 11) is 0. The van der Waals surface area contributed by atoms with Crippen LogP contribution in [0.4, 0.5) is 0 Å². The Bertz CT molecular complexity index is 385. The molecule has 5 heteroatoms. The van der Waals surface area contributed by atoms with Gasteiger partial charge in [0.15, 0.2) is 5.82 Å². The molecule has 0 bridgehead atoms. The number of nitrogens with zero attached hydrogens (tertiary/aromatic N) is 3. The van der Waals surface area contributed by atoms with Crippen molar-refractivity contribution in [2.45, 2.75) is 46.6 Å². The molecule has 1 fully saturated rings. The first kappa shape index (κ1) is 15.4. The van der Waals surface area contributed by atoms with Crippen molar-refractivity contribution in [3.8, 4) is 0 Å². The van der Waals surface area contributed by atoms with Crippen molar-refractivity contribution in [3.05, 3.63) is 11.7 Å². The summed E-state index contributed by atoms with van der Waals surface area (Å²) >= 11 is 0. The third-order valence-corrected chi connectivity index (χ3v) is 3.82. The maximum atomic E-state index is 5.37. The fourth-order valence-corrected chi connectivity index (χ4v) is 2.74. The fraction of sp³-hybridized carbons (Fsp3) is 0.867. The van der Waals surface area contributed by atoms with Gasteiger partial charge < -0.3 is 9.84 Å². The highest BCUT2D eigenvalue weighted by Crippen LogP contribution is 2.14. The van der Waals surface area contributed by atoms with E-state index in [1.165, 1.54) is 19.4 Å². The molecule has 1 aliphatic rings. The van der Waals surface area contributed by atoms with Crippen LogP contribution in [0.3, 0.4) is 0 Å². The Morgan fingerprint density at radius 3 is 2.95 bits per heavy atom. The first-order valence-corrected chi connectivity index (χ1v) is 7.92. The molecule has 0 saturated carbocycles.